The maximum Gasteiger partial charge on any atom is 0.135 e. The van der Waals surface area contributed by atoms with E-state index >= 15 is 0 Å². The van der Waals surface area contributed by atoms with Crippen molar-refractivity contribution in [2.45, 2.75) is 0 Å². The summed E-state index contributed by atoms with van der Waals surface area (Å²) in [6.07, 6.45) is 0. The SMILES string of the molecule is c1ccc(-c2ccc(-c3ccccc3)c(N(c3ccc4oc5ccccc5c4c3)c3ccc4oc5ccccc5c4c3)c2)cc1.c1ccc(-c2ccc(-c3ccccc3)c(N(c3ccc4sc5ccccc5c4c3)c3ccc4sc5ccccc5c4c3)c2)cc1.c1ccc(-c2ccc(-c3ccccc3N(c3ccc4sc5ccccc5c4c3)c3ccc4sc5ccccc5c4c3)cc2)cc1. The molecule has 0 saturated heterocycles. The molecule has 0 amide bonds. The van der Waals surface area contributed by atoms with E-state index in [9.17, 15) is 0 Å². The third kappa shape index (κ3) is 15.1. The van der Waals surface area contributed by atoms with Gasteiger partial charge in [0.1, 0.15) is 22.3 Å². The lowest BCUT2D eigenvalue weighted by Crippen LogP contribution is -2.11. The topological polar surface area (TPSA) is 36.0 Å². The van der Waals surface area contributed by atoms with Gasteiger partial charge in [-0.2, -0.15) is 0 Å². The number of para-hydroxylation sites is 3. The molecule has 0 saturated carbocycles. The summed E-state index contributed by atoms with van der Waals surface area (Å²) in [6.45, 7) is 0. The van der Waals surface area contributed by atoms with Crippen molar-refractivity contribution in [3.05, 3.63) is 491 Å². The zero-order valence-electron chi connectivity index (χ0n) is 73.1. The van der Waals surface area contributed by atoms with Gasteiger partial charge < -0.3 is 23.5 Å². The average Bonchev–Trinajstić information content (AvgIpc) is 1.62. The van der Waals surface area contributed by atoms with Crippen LogP contribution in [0.4, 0.5) is 51.2 Å². The zero-order chi connectivity index (χ0) is 89.2. The number of nitrogens with zero attached hydrogens (tertiary/aromatic N) is 3. The van der Waals surface area contributed by atoms with Gasteiger partial charge in [-0.1, -0.05) is 328 Å². The Bertz CT molecular complexity index is 8460. The molecule has 0 unspecified atom stereocenters. The highest BCUT2D eigenvalue weighted by atomic mass is 32.1. The van der Waals surface area contributed by atoms with E-state index in [0.717, 1.165) is 112 Å². The Hall–Kier alpha value is -16.5. The first-order valence-corrected chi connectivity index (χ1v) is 48.8. The van der Waals surface area contributed by atoms with Crippen LogP contribution in [0, 0.1) is 0 Å². The first-order valence-electron chi connectivity index (χ1n) is 45.5. The Labute approximate surface area is 796 Å². The van der Waals surface area contributed by atoms with E-state index in [1.54, 1.807) is 0 Å². The smallest absolute Gasteiger partial charge is 0.135 e. The molecule has 0 radical (unpaired) electrons. The van der Waals surface area contributed by atoms with Crippen LogP contribution in [-0.4, -0.2) is 0 Å². The molecule has 6 heterocycles. The summed E-state index contributed by atoms with van der Waals surface area (Å²) in [7, 11) is 0. The Morgan fingerprint density at radius 3 is 0.726 bits per heavy atom. The molecule has 0 aliphatic carbocycles. The number of furan rings is 2. The summed E-state index contributed by atoms with van der Waals surface area (Å²) in [4.78, 5) is 7.28. The Morgan fingerprint density at radius 2 is 0.363 bits per heavy atom. The Morgan fingerprint density at radius 1 is 0.133 bits per heavy atom. The van der Waals surface area contributed by atoms with Crippen LogP contribution in [0.3, 0.4) is 0 Å². The number of anilines is 9. The largest absolute Gasteiger partial charge is 0.456 e. The second-order valence-electron chi connectivity index (χ2n) is 34.1. The molecule has 9 heteroatoms. The minimum absolute atomic E-state index is 0.873. The summed E-state index contributed by atoms with van der Waals surface area (Å²) in [6, 6.07) is 177. The molecule has 0 N–H and O–H groups in total. The monoisotopic (exact) mass is 1800 g/mol. The highest BCUT2D eigenvalue weighted by molar-refractivity contribution is 7.27. The number of thiophene rings is 4. The van der Waals surface area contributed by atoms with Gasteiger partial charge in [0, 0.05) is 153 Å². The van der Waals surface area contributed by atoms with E-state index in [0.29, 0.717) is 0 Å². The first-order chi connectivity index (χ1) is 66.9. The number of rotatable bonds is 15. The van der Waals surface area contributed by atoms with Gasteiger partial charge in [-0.15, -0.1) is 45.3 Å². The van der Waals surface area contributed by atoms with E-state index in [2.05, 4.69) is 482 Å². The van der Waals surface area contributed by atoms with Crippen molar-refractivity contribution in [3.8, 4) is 66.8 Å². The van der Waals surface area contributed by atoms with Crippen LogP contribution in [-0.2, 0) is 0 Å². The standard InChI is InChI=1S/C42H27NO2.2C42H27NS2/c2*1-3-11-28(12-4-1)30-19-22-33(29-13-5-2-6-14-29)38(25-30)43(31-20-23-41-36(26-31)34-15-7-9-17-39(34)44-41)32-21-24-42-37(27-32)35-16-8-10-18-40(35)45-42;1-2-10-28(11-3-1)29-18-20-30(21-19-29)33-12-4-7-15-38(33)43(31-22-24-41-36(26-31)34-13-5-8-16-39(34)44-41)32-23-25-42-37(27-32)35-14-6-9-17-40(35)45-42/h3*1-27H. The van der Waals surface area contributed by atoms with Crippen molar-refractivity contribution in [1.82, 2.24) is 0 Å². The van der Waals surface area contributed by atoms with Crippen molar-refractivity contribution in [2.24, 2.45) is 0 Å². The second kappa shape index (κ2) is 34.7. The predicted octanol–water partition coefficient (Wildman–Crippen LogP) is 38.7. The molecule has 21 aromatic carbocycles. The van der Waals surface area contributed by atoms with E-state index in [1.807, 2.05) is 69.6 Å². The molecule has 0 aliphatic heterocycles. The number of hydrogen-bond donors (Lipinski definition) is 0. The van der Waals surface area contributed by atoms with E-state index in [-0.39, 0.29) is 0 Å². The van der Waals surface area contributed by atoms with E-state index in [4.69, 9.17) is 8.83 Å². The van der Waals surface area contributed by atoms with Crippen molar-refractivity contribution in [2.75, 3.05) is 14.7 Å². The molecule has 0 bridgehead atoms. The molecule has 0 fully saturated rings. The van der Waals surface area contributed by atoms with Crippen LogP contribution in [0.25, 0.3) is 191 Å². The summed E-state index contributed by atoms with van der Waals surface area (Å²) in [5.41, 5.74) is 27.8. The zero-order valence-corrected chi connectivity index (χ0v) is 76.3. The van der Waals surface area contributed by atoms with Gasteiger partial charge in [-0.25, -0.2) is 0 Å². The summed E-state index contributed by atoms with van der Waals surface area (Å²) in [5.74, 6) is 0. The van der Waals surface area contributed by atoms with Gasteiger partial charge in [0.05, 0.1) is 17.1 Å². The molecule has 27 rings (SSSR count). The molecule has 0 spiro atoms. The van der Waals surface area contributed by atoms with Gasteiger partial charge in [0.15, 0.2) is 0 Å². The van der Waals surface area contributed by atoms with Crippen LogP contribution in [0.15, 0.2) is 500 Å². The Kier molecular flexibility index (Phi) is 20.7. The molecule has 6 aromatic heterocycles. The average molecular weight is 1800 g/mol. The van der Waals surface area contributed by atoms with Crippen molar-refractivity contribution >= 4 is 221 Å². The van der Waals surface area contributed by atoms with Gasteiger partial charge in [-0.05, 0) is 214 Å². The van der Waals surface area contributed by atoms with Gasteiger partial charge in [-0.3, -0.25) is 0 Å². The normalized spacial score (nSPS) is 11.6. The van der Waals surface area contributed by atoms with Gasteiger partial charge >= 0.3 is 0 Å². The van der Waals surface area contributed by atoms with Gasteiger partial charge in [0.25, 0.3) is 0 Å². The Balaban J connectivity index is 0.000000108. The maximum absolute atomic E-state index is 6.23. The molecule has 0 atom stereocenters. The fraction of sp³-hybridized carbons (Fsp3) is 0. The molecule has 5 nitrogen and oxygen atoms in total. The number of hydrogen-bond acceptors (Lipinski definition) is 9. The van der Waals surface area contributed by atoms with Crippen molar-refractivity contribution in [3.63, 3.8) is 0 Å². The highest BCUT2D eigenvalue weighted by Crippen LogP contribution is 2.52. The summed E-state index contributed by atoms with van der Waals surface area (Å²) < 4.78 is 23.0. The second-order valence-corrected chi connectivity index (χ2v) is 38.4. The fourth-order valence-corrected chi connectivity index (χ4v) is 23.9. The third-order valence-electron chi connectivity index (χ3n) is 26.0. The van der Waals surface area contributed by atoms with Crippen molar-refractivity contribution in [1.29, 1.82) is 0 Å². The third-order valence-corrected chi connectivity index (χ3v) is 30.6. The molecule has 636 valence electrons. The van der Waals surface area contributed by atoms with Crippen molar-refractivity contribution < 1.29 is 8.83 Å². The predicted molar refractivity (Wildman–Crippen MR) is 582 cm³/mol. The first kappa shape index (κ1) is 80.6. The minimum Gasteiger partial charge on any atom is -0.456 e. The van der Waals surface area contributed by atoms with Crippen LogP contribution >= 0.6 is 45.3 Å². The molecule has 135 heavy (non-hydrogen) atoms. The minimum atomic E-state index is 0.873. The van der Waals surface area contributed by atoms with E-state index < -0.39 is 0 Å². The lowest BCUT2D eigenvalue weighted by Gasteiger charge is -2.29. The van der Waals surface area contributed by atoms with Crippen LogP contribution in [0.2, 0.25) is 0 Å². The summed E-state index contributed by atoms with van der Waals surface area (Å²) in [5, 5.41) is 14.8. The number of benzene rings is 21. The molecule has 27 aromatic rings. The van der Waals surface area contributed by atoms with Crippen LogP contribution in [0.5, 0.6) is 0 Å². The highest BCUT2D eigenvalue weighted by Gasteiger charge is 2.27. The maximum atomic E-state index is 6.23. The summed E-state index contributed by atoms with van der Waals surface area (Å²) >= 11 is 7.44. The fourth-order valence-electron chi connectivity index (χ4n) is 19.6. The molecular weight excluding hydrogens is 1720 g/mol. The van der Waals surface area contributed by atoms with Crippen LogP contribution < -0.4 is 14.7 Å². The molecule has 0 aliphatic rings. The quantitative estimate of drug-likeness (QED) is 0.102. The van der Waals surface area contributed by atoms with Gasteiger partial charge in [0.2, 0.25) is 0 Å². The number of fused-ring (bicyclic) bond motifs is 18. The lowest BCUT2D eigenvalue weighted by molar-refractivity contribution is 0.668. The van der Waals surface area contributed by atoms with E-state index in [1.165, 1.54) is 131 Å². The van der Waals surface area contributed by atoms with Crippen LogP contribution in [0.1, 0.15) is 0 Å². The molecular formula is C126H81N3O2S4. The lowest BCUT2D eigenvalue weighted by atomic mass is 9.96.